The van der Waals surface area contributed by atoms with Crippen LogP contribution in [-0.4, -0.2) is 92.7 Å². The number of hydrogen-bond donors (Lipinski definition) is 2. The fourth-order valence-corrected chi connectivity index (χ4v) is 14.1. The van der Waals surface area contributed by atoms with E-state index in [4.69, 9.17) is 22.4 Å². The highest BCUT2D eigenvalue weighted by Crippen LogP contribution is 2.45. The quantitative estimate of drug-likeness (QED) is 0.0426. The molecule has 0 bridgehead atoms. The van der Waals surface area contributed by atoms with Crippen LogP contribution in [0.3, 0.4) is 0 Å². The standard InChI is InChI=1S/C57H112O8Si4/c1-39(37-43(5)51(64-68(25,26)56(15,16)17)45(7)49(59)40(2)32-30-29-31-35-58)36-42(4)50(63-67(23,24)55(12,13)14)41(3)33-34-47(62-66(21,22)54(9,10)11)38-48-44(6)52(46(8)53(60)61-48)65-69(27,28)57(18,19)20/h29-34,36,40-52,58-59H,35,37-38H2,1-28H3/b31-29+,32-30-,34-33-,39-36-/t40-,41-,42-,43-,44-,45+,46+,47+,48-,49-,50-,51+,52-/m0/s1. The summed E-state index contributed by atoms with van der Waals surface area (Å²) in [7, 11) is -8.88. The maximum absolute atomic E-state index is 13.6. The summed E-state index contributed by atoms with van der Waals surface area (Å²) >= 11 is 0. The van der Waals surface area contributed by atoms with Crippen molar-refractivity contribution >= 4 is 39.2 Å². The molecule has 12 heteroatoms. The van der Waals surface area contributed by atoms with Crippen molar-refractivity contribution < 1.29 is 37.4 Å². The number of rotatable bonds is 24. The lowest BCUT2D eigenvalue weighted by Crippen LogP contribution is -2.55. The first-order chi connectivity index (χ1) is 30.9. The fourth-order valence-electron chi connectivity index (χ4n) is 8.38. The topological polar surface area (TPSA) is 104 Å². The molecule has 0 spiro atoms. The SMILES string of the molecule is C/C(=C/[C@H](C)[C@@H](O[Si](C)(C)C(C)(C)C)[C@@H](C)/C=C\[C@H](C[C@@H]1OC(=O)[C@H](C)[C@@H](O[Si](C)(C)C(C)(C)C)[C@H]1C)O[Si](C)(C)C(C)(C)C)C[C@H](C)[C@@H](O[Si](C)(C)C(C)(C)C)[C@H](C)[C@@H](O)[C@@H](C)/C=C\C=C\CO. The zero-order valence-electron chi connectivity index (χ0n) is 50.0. The molecule has 0 unspecified atom stereocenters. The largest absolute Gasteiger partial charge is 0.462 e. The van der Waals surface area contributed by atoms with Crippen molar-refractivity contribution in [2.24, 2.45) is 41.4 Å². The zero-order valence-corrected chi connectivity index (χ0v) is 54.0. The smallest absolute Gasteiger partial charge is 0.311 e. The number of aliphatic hydroxyl groups excluding tert-OH is 2. The Hall–Kier alpha value is -0.942. The summed E-state index contributed by atoms with van der Waals surface area (Å²) in [6.45, 7) is 63.3. The summed E-state index contributed by atoms with van der Waals surface area (Å²) in [5.74, 6) is -0.417. The molecule has 8 nitrogen and oxygen atoms in total. The molecular weight excluding hydrogens is 925 g/mol. The minimum absolute atomic E-state index is 0.00605. The lowest BCUT2D eigenvalue weighted by atomic mass is 9.81. The lowest BCUT2D eigenvalue weighted by Gasteiger charge is -2.47. The van der Waals surface area contributed by atoms with Gasteiger partial charge in [0.25, 0.3) is 0 Å². The van der Waals surface area contributed by atoms with Crippen LogP contribution in [0.4, 0.5) is 0 Å². The van der Waals surface area contributed by atoms with E-state index in [1.54, 1.807) is 6.08 Å². The maximum Gasteiger partial charge on any atom is 0.311 e. The van der Waals surface area contributed by atoms with Crippen molar-refractivity contribution in [1.82, 2.24) is 0 Å². The van der Waals surface area contributed by atoms with E-state index < -0.39 is 39.4 Å². The summed E-state index contributed by atoms with van der Waals surface area (Å²) in [6, 6.07) is 0. The summed E-state index contributed by atoms with van der Waals surface area (Å²) in [4.78, 5) is 13.6. The summed E-state index contributed by atoms with van der Waals surface area (Å²) in [6.07, 6.45) is 14.2. The third-order valence-corrected chi connectivity index (χ3v) is 35.4. The molecule has 404 valence electrons. The predicted octanol–water partition coefficient (Wildman–Crippen LogP) is 15.7. The number of esters is 1. The van der Waals surface area contributed by atoms with Gasteiger partial charge in [0, 0.05) is 24.2 Å². The van der Waals surface area contributed by atoms with E-state index in [9.17, 15) is 15.0 Å². The van der Waals surface area contributed by atoms with E-state index in [0.717, 1.165) is 6.42 Å². The number of allylic oxidation sites excluding steroid dienone is 3. The van der Waals surface area contributed by atoms with Gasteiger partial charge in [-0.25, -0.2) is 0 Å². The number of carbonyl (C=O) groups excluding carboxylic acids is 1. The van der Waals surface area contributed by atoms with Crippen molar-refractivity contribution in [3.63, 3.8) is 0 Å². The van der Waals surface area contributed by atoms with Crippen LogP contribution in [0.25, 0.3) is 0 Å². The molecule has 1 rings (SSSR count). The summed E-state index contributed by atoms with van der Waals surface area (Å²) in [5, 5.41) is 21.0. The Balaban J connectivity index is 3.79. The molecule has 1 saturated heterocycles. The Morgan fingerprint density at radius 2 is 1.12 bits per heavy atom. The molecule has 0 aromatic heterocycles. The Morgan fingerprint density at radius 1 is 0.652 bits per heavy atom. The molecule has 0 amide bonds. The maximum atomic E-state index is 13.6. The molecule has 2 N–H and O–H groups in total. The molecule has 0 aromatic carbocycles. The summed E-state index contributed by atoms with van der Waals surface area (Å²) < 4.78 is 35.3. The fraction of sp³-hybridized carbons (Fsp3) is 0.842. The van der Waals surface area contributed by atoms with Crippen molar-refractivity contribution in [3.8, 4) is 0 Å². The van der Waals surface area contributed by atoms with Crippen LogP contribution < -0.4 is 0 Å². The molecule has 1 fully saturated rings. The van der Waals surface area contributed by atoms with E-state index in [1.165, 1.54) is 5.57 Å². The number of aliphatic hydroxyl groups is 2. The number of hydrogen-bond acceptors (Lipinski definition) is 8. The second-order valence-electron chi connectivity index (χ2n) is 27.8. The lowest BCUT2D eigenvalue weighted by molar-refractivity contribution is -0.177. The zero-order chi connectivity index (χ0) is 54.3. The van der Waals surface area contributed by atoms with E-state index >= 15 is 0 Å². The van der Waals surface area contributed by atoms with Crippen molar-refractivity contribution in [3.05, 3.63) is 48.1 Å². The van der Waals surface area contributed by atoms with E-state index in [-0.39, 0.29) is 105 Å². The molecule has 0 radical (unpaired) electrons. The van der Waals surface area contributed by atoms with E-state index in [1.807, 2.05) is 25.2 Å². The number of ether oxygens (including phenoxy) is 1. The van der Waals surface area contributed by atoms with Crippen LogP contribution in [0.5, 0.6) is 0 Å². The third kappa shape index (κ3) is 19.1. The predicted molar refractivity (Wildman–Crippen MR) is 306 cm³/mol. The van der Waals surface area contributed by atoms with Crippen LogP contribution in [0.15, 0.2) is 48.1 Å². The van der Waals surface area contributed by atoms with Crippen LogP contribution in [0, 0.1) is 41.4 Å². The normalized spacial score (nSPS) is 24.3. The third-order valence-electron chi connectivity index (χ3n) is 17.4. The Bertz CT molecular complexity index is 1710. The van der Waals surface area contributed by atoms with Gasteiger partial charge in [-0.05, 0) is 111 Å². The van der Waals surface area contributed by atoms with Gasteiger partial charge < -0.3 is 32.7 Å². The second-order valence-corrected chi connectivity index (χ2v) is 46.8. The minimum atomic E-state index is -2.26. The van der Waals surface area contributed by atoms with Crippen molar-refractivity contribution in [1.29, 1.82) is 0 Å². The Kier molecular flexibility index (Phi) is 24.4. The highest BCUT2D eigenvalue weighted by molar-refractivity contribution is 6.75. The van der Waals surface area contributed by atoms with Crippen LogP contribution in [0.1, 0.15) is 151 Å². The van der Waals surface area contributed by atoms with Gasteiger partial charge in [0.05, 0.1) is 43.0 Å². The molecular formula is C57H112O8Si4. The molecule has 69 heavy (non-hydrogen) atoms. The number of cyclic esters (lactones) is 1. The molecule has 0 aromatic rings. The van der Waals surface area contributed by atoms with E-state index in [2.05, 4.69) is 202 Å². The molecule has 1 aliphatic heterocycles. The van der Waals surface area contributed by atoms with Gasteiger partial charge in [-0.1, -0.05) is 173 Å². The van der Waals surface area contributed by atoms with Crippen LogP contribution in [0.2, 0.25) is 72.5 Å². The molecule has 1 heterocycles. The highest BCUT2D eigenvalue weighted by Gasteiger charge is 2.49. The summed E-state index contributed by atoms with van der Waals surface area (Å²) in [5.41, 5.74) is 1.29. The average Bonchev–Trinajstić information content (AvgIpc) is 3.17. The van der Waals surface area contributed by atoms with Gasteiger partial charge >= 0.3 is 5.97 Å². The van der Waals surface area contributed by atoms with E-state index in [0.29, 0.717) is 6.42 Å². The highest BCUT2D eigenvalue weighted by atomic mass is 28.4. The van der Waals surface area contributed by atoms with Gasteiger partial charge in [0.15, 0.2) is 33.3 Å². The van der Waals surface area contributed by atoms with Gasteiger partial charge in [0.1, 0.15) is 6.10 Å². The molecule has 0 aliphatic carbocycles. The van der Waals surface area contributed by atoms with Crippen LogP contribution >= 0.6 is 0 Å². The van der Waals surface area contributed by atoms with Gasteiger partial charge in [-0.2, -0.15) is 0 Å². The Labute approximate surface area is 431 Å². The average molecular weight is 1040 g/mol. The molecule has 13 atom stereocenters. The van der Waals surface area contributed by atoms with Crippen molar-refractivity contribution in [2.45, 2.75) is 260 Å². The molecule has 0 saturated carbocycles. The Morgan fingerprint density at radius 3 is 1.58 bits per heavy atom. The van der Waals surface area contributed by atoms with Crippen LogP contribution in [-0.2, 0) is 27.2 Å². The van der Waals surface area contributed by atoms with Gasteiger partial charge in [-0.15, -0.1) is 0 Å². The minimum Gasteiger partial charge on any atom is -0.462 e. The first-order valence-corrected chi connectivity index (χ1v) is 38.4. The van der Waals surface area contributed by atoms with Crippen molar-refractivity contribution in [2.75, 3.05) is 6.61 Å². The second kappa shape index (κ2) is 25.5. The monoisotopic (exact) mass is 1040 g/mol. The first-order valence-electron chi connectivity index (χ1n) is 26.7. The van der Waals surface area contributed by atoms with Gasteiger partial charge in [-0.3, -0.25) is 4.79 Å². The van der Waals surface area contributed by atoms with Gasteiger partial charge in [0.2, 0.25) is 0 Å². The molecule has 1 aliphatic rings. The number of carbonyl (C=O) groups is 1. The first kappa shape index (κ1) is 66.1.